The van der Waals surface area contributed by atoms with Crippen molar-refractivity contribution in [3.8, 4) is 5.88 Å². The van der Waals surface area contributed by atoms with Gasteiger partial charge in [-0.1, -0.05) is 0 Å². The van der Waals surface area contributed by atoms with Crippen LogP contribution in [0.25, 0.3) is 0 Å². The minimum Gasteiger partial charge on any atom is -0.464 e. The second-order valence-electron chi connectivity index (χ2n) is 3.05. The molecule has 1 aromatic heterocycles. The summed E-state index contributed by atoms with van der Waals surface area (Å²) in [5.74, 6) is -2.27. The maximum atomic E-state index is 12.7. The molecule has 1 rings (SSSR count). The molecule has 106 valence electrons. The fourth-order valence-corrected chi connectivity index (χ4v) is 1.66. The largest absolute Gasteiger partial charge is 0.574 e. The molecule has 4 nitrogen and oxygen atoms in total. The number of carbonyl (C=O) groups excluding carboxylic acids is 1. The van der Waals surface area contributed by atoms with Gasteiger partial charge in [-0.15, -0.1) is 13.2 Å². The number of hydrogen-bond donors (Lipinski definition) is 0. The van der Waals surface area contributed by atoms with Gasteiger partial charge >= 0.3 is 12.3 Å². The van der Waals surface area contributed by atoms with Gasteiger partial charge in [0.2, 0.25) is 5.88 Å². The first-order valence-corrected chi connectivity index (χ1v) is 5.56. The molecule has 0 aliphatic carbocycles. The molecular weight excluding hydrogens is 392 g/mol. The molecule has 0 atom stereocenters. The van der Waals surface area contributed by atoms with Crippen LogP contribution in [-0.2, 0) is 4.74 Å². The molecule has 10 heteroatoms. The Balaban J connectivity index is 3.34. The lowest BCUT2D eigenvalue weighted by Crippen LogP contribution is -2.20. The standard InChI is InChI=1S/C9H5F5INO3/c1-18-8(17)5-3(6(10)11)2-4(15)7(16-5)19-9(12,13)14/h2,6H,1H3. The molecule has 0 aliphatic rings. The number of esters is 1. The van der Waals surface area contributed by atoms with E-state index in [1.807, 2.05) is 0 Å². The highest BCUT2D eigenvalue weighted by Gasteiger charge is 2.34. The van der Waals surface area contributed by atoms with E-state index < -0.39 is 35.9 Å². The van der Waals surface area contributed by atoms with Crippen LogP contribution < -0.4 is 4.74 Å². The average molecular weight is 397 g/mol. The first-order chi connectivity index (χ1) is 8.65. The van der Waals surface area contributed by atoms with Crippen molar-refractivity contribution in [1.29, 1.82) is 0 Å². The number of carbonyl (C=O) groups is 1. The number of methoxy groups -OCH3 is 1. The number of ether oxygens (including phenoxy) is 2. The van der Waals surface area contributed by atoms with E-state index in [2.05, 4.69) is 14.5 Å². The lowest BCUT2D eigenvalue weighted by molar-refractivity contribution is -0.276. The van der Waals surface area contributed by atoms with E-state index in [-0.39, 0.29) is 3.57 Å². The molecule has 1 heterocycles. The molecular formula is C9H5F5INO3. The zero-order valence-corrected chi connectivity index (χ0v) is 11.3. The number of nitrogens with zero attached hydrogens (tertiary/aromatic N) is 1. The summed E-state index contributed by atoms with van der Waals surface area (Å²) >= 11 is 1.34. The van der Waals surface area contributed by atoms with E-state index in [9.17, 15) is 26.7 Å². The molecule has 0 N–H and O–H groups in total. The number of hydrogen-bond acceptors (Lipinski definition) is 4. The monoisotopic (exact) mass is 397 g/mol. The molecule has 0 amide bonds. The van der Waals surface area contributed by atoms with Gasteiger partial charge in [0.05, 0.1) is 16.2 Å². The third kappa shape index (κ3) is 4.14. The van der Waals surface area contributed by atoms with Crippen LogP contribution in [0.1, 0.15) is 22.5 Å². The minimum atomic E-state index is -5.05. The number of aromatic nitrogens is 1. The van der Waals surface area contributed by atoms with Crippen LogP contribution in [0.15, 0.2) is 6.07 Å². The van der Waals surface area contributed by atoms with Gasteiger partial charge in [-0.2, -0.15) is 0 Å². The molecule has 0 radical (unpaired) electrons. The quantitative estimate of drug-likeness (QED) is 0.446. The topological polar surface area (TPSA) is 48.4 Å². The third-order valence-electron chi connectivity index (χ3n) is 1.80. The first kappa shape index (κ1) is 15.9. The molecule has 0 fully saturated rings. The number of halogens is 6. The summed E-state index contributed by atoms with van der Waals surface area (Å²) in [5.41, 5.74) is -1.75. The Morgan fingerprint density at radius 2 is 2.00 bits per heavy atom. The summed E-state index contributed by atoms with van der Waals surface area (Å²) < 4.78 is 68.9. The van der Waals surface area contributed by atoms with E-state index in [4.69, 9.17) is 0 Å². The summed E-state index contributed by atoms with van der Waals surface area (Å²) in [6.07, 6.45) is -8.14. The van der Waals surface area contributed by atoms with Crippen molar-refractivity contribution in [3.05, 3.63) is 20.9 Å². The summed E-state index contributed by atoms with van der Waals surface area (Å²) in [6.45, 7) is 0. The second kappa shape index (κ2) is 5.84. The molecule has 1 aromatic rings. The minimum absolute atomic E-state index is 0.308. The Morgan fingerprint density at radius 1 is 1.42 bits per heavy atom. The summed E-state index contributed by atoms with van der Waals surface area (Å²) in [6, 6.07) is 0.686. The van der Waals surface area contributed by atoms with Crippen molar-refractivity contribution in [1.82, 2.24) is 4.98 Å². The number of pyridine rings is 1. The molecule has 0 bridgehead atoms. The van der Waals surface area contributed by atoms with E-state index in [0.717, 1.165) is 7.11 Å². The lowest BCUT2D eigenvalue weighted by atomic mass is 10.2. The van der Waals surface area contributed by atoms with Gasteiger partial charge in [0.25, 0.3) is 6.43 Å². The zero-order valence-electron chi connectivity index (χ0n) is 9.09. The van der Waals surface area contributed by atoms with E-state index in [0.29, 0.717) is 6.07 Å². The number of rotatable bonds is 3. The van der Waals surface area contributed by atoms with Crippen LogP contribution in [0.2, 0.25) is 0 Å². The van der Waals surface area contributed by atoms with Gasteiger partial charge in [-0.25, -0.2) is 18.6 Å². The summed E-state index contributed by atoms with van der Waals surface area (Å²) in [4.78, 5) is 14.4. The van der Waals surface area contributed by atoms with Crippen molar-refractivity contribution in [3.63, 3.8) is 0 Å². The lowest BCUT2D eigenvalue weighted by Gasteiger charge is -2.13. The van der Waals surface area contributed by atoms with Crippen LogP contribution in [0.3, 0.4) is 0 Å². The van der Waals surface area contributed by atoms with E-state index >= 15 is 0 Å². The van der Waals surface area contributed by atoms with Crippen LogP contribution in [0.4, 0.5) is 22.0 Å². The van der Waals surface area contributed by atoms with Crippen LogP contribution in [0, 0.1) is 3.57 Å². The normalized spacial score (nSPS) is 11.6. The number of alkyl halides is 5. The SMILES string of the molecule is COC(=O)c1nc(OC(F)(F)F)c(I)cc1C(F)F. The Labute approximate surface area is 117 Å². The fourth-order valence-electron chi connectivity index (χ4n) is 1.09. The summed E-state index contributed by atoms with van der Waals surface area (Å²) in [7, 11) is 0.890. The van der Waals surface area contributed by atoms with Crippen molar-refractivity contribution in [2.24, 2.45) is 0 Å². The molecule has 0 aromatic carbocycles. The molecule has 19 heavy (non-hydrogen) atoms. The third-order valence-corrected chi connectivity index (χ3v) is 2.57. The van der Waals surface area contributed by atoms with Crippen molar-refractivity contribution in [2.75, 3.05) is 7.11 Å². The Morgan fingerprint density at radius 3 is 2.42 bits per heavy atom. The van der Waals surface area contributed by atoms with Crippen molar-refractivity contribution >= 4 is 28.6 Å². The van der Waals surface area contributed by atoms with Gasteiger partial charge in [0.1, 0.15) is 0 Å². The van der Waals surface area contributed by atoms with Gasteiger partial charge in [0.15, 0.2) is 5.69 Å². The smallest absolute Gasteiger partial charge is 0.464 e. The maximum Gasteiger partial charge on any atom is 0.574 e. The van der Waals surface area contributed by atoms with Gasteiger partial charge in [-0.05, 0) is 28.7 Å². The predicted molar refractivity (Wildman–Crippen MR) is 59.9 cm³/mol. The highest BCUT2D eigenvalue weighted by atomic mass is 127. The Hall–Kier alpha value is -1.20. The molecule has 0 unspecified atom stereocenters. The zero-order chi connectivity index (χ0) is 14.8. The van der Waals surface area contributed by atoms with Gasteiger partial charge in [-0.3, -0.25) is 0 Å². The Kier molecular flexibility index (Phi) is 4.87. The molecule has 0 saturated heterocycles. The highest BCUT2D eigenvalue weighted by molar-refractivity contribution is 14.1. The Bertz CT molecular complexity index is 491. The van der Waals surface area contributed by atoms with Crippen molar-refractivity contribution < 1.29 is 36.2 Å². The van der Waals surface area contributed by atoms with E-state index in [1.165, 1.54) is 22.6 Å². The summed E-state index contributed by atoms with van der Waals surface area (Å²) in [5, 5.41) is 0. The van der Waals surface area contributed by atoms with E-state index in [1.54, 1.807) is 0 Å². The fraction of sp³-hybridized carbons (Fsp3) is 0.333. The molecule has 0 saturated carbocycles. The van der Waals surface area contributed by atoms with Crippen LogP contribution in [-0.4, -0.2) is 24.4 Å². The second-order valence-corrected chi connectivity index (χ2v) is 4.22. The van der Waals surface area contributed by atoms with Gasteiger partial charge in [0, 0.05) is 0 Å². The maximum absolute atomic E-state index is 12.7. The molecule has 0 aliphatic heterocycles. The highest BCUT2D eigenvalue weighted by Crippen LogP contribution is 2.31. The predicted octanol–water partition coefficient (Wildman–Crippen LogP) is 3.31. The van der Waals surface area contributed by atoms with Crippen LogP contribution in [0.5, 0.6) is 5.88 Å². The molecule has 0 spiro atoms. The van der Waals surface area contributed by atoms with Crippen molar-refractivity contribution in [2.45, 2.75) is 12.8 Å². The average Bonchev–Trinajstić information content (AvgIpc) is 2.28. The first-order valence-electron chi connectivity index (χ1n) is 4.48. The van der Waals surface area contributed by atoms with Crippen LogP contribution >= 0.6 is 22.6 Å². The van der Waals surface area contributed by atoms with Gasteiger partial charge < -0.3 is 9.47 Å².